The van der Waals surface area contributed by atoms with Gasteiger partial charge in [-0.05, 0) is 37.1 Å². The summed E-state index contributed by atoms with van der Waals surface area (Å²) in [6.07, 6.45) is 1.60. The average Bonchev–Trinajstić information content (AvgIpc) is 2.80. The topological polar surface area (TPSA) is 54.5 Å². The number of benzene rings is 1. The molecule has 96 valence electrons. The first-order valence-corrected chi connectivity index (χ1v) is 6.94. The van der Waals surface area contributed by atoms with Gasteiger partial charge in [0.15, 0.2) is 5.65 Å². The number of fused-ring (bicyclic) bond motifs is 1. The van der Waals surface area contributed by atoms with E-state index in [2.05, 4.69) is 52.0 Å². The van der Waals surface area contributed by atoms with Gasteiger partial charge in [-0.1, -0.05) is 29.5 Å². The highest BCUT2D eigenvalue weighted by molar-refractivity contribution is 7.99. The minimum Gasteiger partial charge on any atom is -0.341 e. The summed E-state index contributed by atoms with van der Waals surface area (Å²) in [6.45, 7) is 4.17. The zero-order chi connectivity index (χ0) is 13.4. The Morgan fingerprint density at radius 1 is 1.21 bits per heavy atom. The fraction of sp³-hybridized carbons (Fsp3) is 0.154. The van der Waals surface area contributed by atoms with Gasteiger partial charge in [-0.15, -0.1) is 0 Å². The van der Waals surface area contributed by atoms with Crippen molar-refractivity contribution in [3.05, 3.63) is 40.9 Å². The lowest BCUT2D eigenvalue weighted by Gasteiger charge is -2.06. The van der Waals surface area contributed by atoms with E-state index in [0.717, 1.165) is 15.4 Å². The molecule has 0 aliphatic rings. The van der Waals surface area contributed by atoms with E-state index in [4.69, 9.17) is 11.6 Å². The van der Waals surface area contributed by atoms with Crippen molar-refractivity contribution in [1.29, 1.82) is 0 Å². The number of halogens is 1. The van der Waals surface area contributed by atoms with Crippen LogP contribution in [0, 0.1) is 13.8 Å². The average molecular weight is 291 g/mol. The number of aryl methyl sites for hydroxylation is 2. The molecule has 2 aromatic heterocycles. The third kappa shape index (κ3) is 2.43. The molecule has 4 nitrogen and oxygen atoms in total. The van der Waals surface area contributed by atoms with E-state index in [-0.39, 0.29) is 5.28 Å². The smallest absolute Gasteiger partial charge is 0.225 e. The molecule has 0 atom stereocenters. The van der Waals surface area contributed by atoms with Crippen molar-refractivity contribution in [3.8, 4) is 0 Å². The van der Waals surface area contributed by atoms with E-state index in [1.165, 1.54) is 11.1 Å². The number of rotatable bonds is 2. The summed E-state index contributed by atoms with van der Waals surface area (Å²) < 4.78 is 0. The summed E-state index contributed by atoms with van der Waals surface area (Å²) >= 11 is 7.49. The number of hydrogen-bond acceptors (Lipinski definition) is 4. The quantitative estimate of drug-likeness (QED) is 0.576. The number of nitrogens with one attached hydrogen (secondary N) is 1. The summed E-state index contributed by atoms with van der Waals surface area (Å²) in [5.74, 6) is 0. The lowest BCUT2D eigenvalue weighted by molar-refractivity contribution is 1.08. The monoisotopic (exact) mass is 290 g/mol. The summed E-state index contributed by atoms with van der Waals surface area (Å²) in [5.41, 5.74) is 3.86. The fourth-order valence-electron chi connectivity index (χ4n) is 1.87. The van der Waals surface area contributed by atoms with Gasteiger partial charge >= 0.3 is 0 Å². The van der Waals surface area contributed by atoms with Crippen molar-refractivity contribution >= 4 is 34.5 Å². The molecular formula is C13H11ClN4S. The second-order valence-electron chi connectivity index (χ2n) is 4.27. The molecule has 0 amide bonds. The minimum atomic E-state index is 0.215. The zero-order valence-corrected chi connectivity index (χ0v) is 12.0. The lowest BCUT2D eigenvalue weighted by atomic mass is 10.2. The molecule has 0 unspecified atom stereocenters. The molecule has 0 radical (unpaired) electrons. The van der Waals surface area contributed by atoms with Crippen LogP contribution in [0.2, 0.25) is 5.28 Å². The molecule has 1 aromatic carbocycles. The van der Waals surface area contributed by atoms with Gasteiger partial charge in [0.05, 0.1) is 6.33 Å². The van der Waals surface area contributed by atoms with E-state index in [0.29, 0.717) is 5.65 Å². The minimum absolute atomic E-state index is 0.215. The SMILES string of the molecule is Cc1ccc(Sc2nc(Cl)nc3nc[nH]c23)c(C)c1. The molecule has 0 spiro atoms. The van der Waals surface area contributed by atoms with Crippen LogP contribution in [-0.2, 0) is 0 Å². The highest BCUT2D eigenvalue weighted by atomic mass is 35.5. The largest absolute Gasteiger partial charge is 0.341 e. The first-order chi connectivity index (χ1) is 9.13. The number of aromatic amines is 1. The second kappa shape index (κ2) is 4.83. The van der Waals surface area contributed by atoms with E-state index in [9.17, 15) is 0 Å². The van der Waals surface area contributed by atoms with Crippen LogP contribution in [-0.4, -0.2) is 19.9 Å². The van der Waals surface area contributed by atoms with Crippen LogP contribution in [0.3, 0.4) is 0 Å². The molecule has 0 aliphatic heterocycles. The third-order valence-corrected chi connectivity index (χ3v) is 4.10. The molecule has 3 aromatic rings. The Morgan fingerprint density at radius 2 is 2.05 bits per heavy atom. The van der Waals surface area contributed by atoms with Gasteiger partial charge < -0.3 is 4.98 Å². The molecule has 0 aliphatic carbocycles. The predicted octanol–water partition coefficient (Wildman–Crippen LogP) is 3.77. The van der Waals surface area contributed by atoms with Gasteiger partial charge in [-0.3, -0.25) is 0 Å². The Kier molecular flexibility index (Phi) is 3.16. The fourth-order valence-corrected chi connectivity index (χ4v) is 3.04. The van der Waals surface area contributed by atoms with Gasteiger partial charge in [0.1, 0.15) is 10.5 Å². The summed E-state index contributed by atoms with van der Waals surface area (Å²) in [7, 11) is 0. The van der Waals surface area contributed by atoms with Gasteiger partial charge in [0.25, 0.3) is 0 Å². The number of hydrogen-bond donors (Lipinski definition) is 1. The van der Waals surface area contributed by atoms with Crippen LogP contribution >= 0.6 is 23.4 Å². The number of aromatic nitrogens is 4. The standard InChI is InChI=1S/C13H11ClN4S/c1-7-3-4-9(8(2)5-7)19-12-10-11(16-6-15-10)17-13(14)18-12/h3-6H,1-2H3,(H,15,16,17,18). The molecular weight excluding hydrogens is 280 g/mol. The van der Waals surface area contributed by atoms with Crippen molar-refractivity contribution in [2.45, 2.75) is 23.8 Å². The Labute approximate surface area is 119 Å². The lowest BCUT2D eigenvalue weighted by Crippen LogP contribution is -1.90. The van der Waals surface area contributed by atoms with E-state index in [1.54, 1.807) is 18.1 Å². The molecule has 0 fully saturated rings. The summed E-state index contributed by atoms with van der Waals surface area (Å²) in [4.78, 5) is 16.7. The summed E-state index contributed by atoms with van der Waals surface area (Å²) in [5, 5.41) is 1.01. The van der Waals surface area contributed by atoms with E-state index >= 15 is 0 Å². The second-order valence-corrected chi connectivity index (χ2v) is 5.64. The molecule has 0 saturated carbocycles. The first-order valence-electron chi connectivity index (χ1n) is 5.75. The number of nitrogens with zero attached hydrogens (tertiary/aromatic N) is 3. The third-order valence-electron chi connectivity index (χ3n) is 2.76. The van der Waals surface area contributed by atoms with Crippen molar-refractivity contribution in [3.63, 3.8) is 0 Å². The molecule has 0 bridgehead atoms. The van der Waals surface area contributed by atoms with Gasteiger partial charge in [0.2, 0.25) is 5.28 Å². The highest BCUT2D eigenvalue weighted by Gasteiger charge is 2.11. The van der Waals surface area contributed by atoms with Gasteiger partial charge in [0, 0.05) is 4.90 Å². The highest BCUT2D eigenvalue weighted by Crippen LogP contribution is 2.33. The van der Waals surface area contributed by atoms with Crippen molar-refractivity contribution in [2.75, 3.05) is 0 Å². The maximum Gasteiger partial charge on any atom is 0.225 e. The molecule has 6 heteroatoms. The van der Waals surface area contributed by atoms with Crippen molar-refractivity contribution in [2.24, 2.45) is 0 Å². The van der Waals surface area contributed by atoms with Crippen LogP contribution < -0.4 is 0 Å². The Morgan fingerprint density at radius 3 is 2.84 bits per heavy atom. The van der Waals surface area contributed by atoms with Crippen LogP contribution in [0.25, 0.3) is 11.2 Å². The van der Waals surface area contributed by atoms with E-state index < -0.39 is 0 Å². The van der Waals surface area contributed by atoms with Crippen LogP contribution in [0.4, 0.5) is 0 Å². The maximum atomic E-state index is 5.92. The van der Waals surface area contributed by atoms with Crippen LogP contribution in [0.15, 0.2) is 34.4 Å². The van der Waals surface area contributed by atoms with Crippen LogP contribution in [0.1, 0.15) is 11.1 Å². The van der Waals surface area contributed by atoms with Gasteiger partial charge in [-0.2, -0.15) is 4.98 Å². The zero-order valence-electron chi connectivity index (χ0n) is 10.4. The van der Waals surface area contributed by atoms with Crippen LogP contribution in [0.5, 0.6) is 0 Å². The number of H-pyrrole nitrogens is 1. The van der Waals surface area contributed by atoms with Gasteiger partial charge in [-0.25, -0.2) is 9.97 Å². The molecule has 2 heterocycles. The predicted molar refractivity (Wildman–Crippen MR) is 76.7 cm³/mol. The molecule has 19 heavy (non-hydrogen) atoms. The summed E-state index contributed by atoms with van der Waals surface area (Å²) in [6, 6.07) is 6.32. The molecule has 1 N–H and O–H groups in total. The molecule has 0 saturated heterocycles. The molecule has 3 rings (SSSR count). The Balaban J connectivity index is 2.07. The normalized spacial score (nSPS) is 11.1. The van der Waals surface area contributed by atoms with Crippen molar-refractivity contribution in [1.82, 2.24) is 19.9 Å². The van der Waals surface area contributed by atoms with E-state index in [1.807, 2.05) is 0 Å². The Hall–Kier alpha value is -1.59. The first kappa shape index (κ1) is 12.4. The van der Waals surface area contributed by atoms with Crippen molar-refractivity contribution < 1.29 is 0 Å². The number of imidazole rings is 1. The maximum absolute atomic E-state index is 5.92. The Bertz CT molecular complexity index is 753.